The van der Waals surface area contributed by atoms with Gasteiger partial charge in [0.1, 0.15) is 0 Å². The van der Waals surface area contributed by atoms with E-state index in [4.69, 9.17) is 0 Å². The lowest BCUT2D eigenvalue weighted by molar-refractivity contribution is -0.385. The van der Waals surface area contributed by atoms with Crippen LogP contribution in [-0.2, 0) is 0 Å². The zero-order chi connectivity index (χ0) is 17.3. The molecule has 1 N–H and O–H groups in total. The van der Waals surface area contributed by atoms with Crippen LogP contribution < -0.4 is 5.32 Å². The van der Waals surface area contributed by atoms with Gasteiger partial charge in [0.15, 0.2) is 0 Å². The summed E-state index contributed by atoms with van der Waals surface area (Å²) in [6.07, 6.45) is 2.22. The molecule has 1 fully saturated rings. The Bertz CT molecular complexity index is 780. The van der Waals surface area contributed by atoms with Gasteiger partial charge in [-0.25, -0.2) is 0 Å². The van der Waals surface area contributed by atoms with Crippen LogP contribution in [0.3, 0.4) is 0 Å². The van der Waals surface area contributed by atoms with Crippen molar-refractivity contribution in [2.75, 3.05) is 0 Å². The molecule has 0 aromatic heterocycles. The predicted octanol–water partition coefficient (Wildman–Crippen LogP) is 4.09. The van der Waals surface area contributed by atoms with Crippen LogP contribution in [0, 0.1) is 29.9 Å². The fourth-order valence-electron chi connectivity index (χ4n) is 2.90. The van der Waals surface area contributed by atoms with E-state index >= 15 is 0 Å². The molecular weight excluding hydrogens is 304 g/mol. The van der Waals surface area contributed by atoms with Gasteiger partial charge in [-0.2, -0.15) is 0 Å². The average Bonchev–Trinajstić information content (AvgIpc) is 3.37. The number of carbonyl (C=O) groups is 1. The summed E-state index contributed by atoms with van der Waals surface area (Å²) in [5.74, 6) is 0.279. The zero-order valence-corrected chi connectivity index (χ0v) is 13.8. The zero-order valence-electron chi connectivity index (χ0n) is 13.8. The molecule has 1 atom stereocenters. The molecule has 5 heteroatoms. The summed E-state index contributed by atoms with van der Waals surface area (Å²) in [6.45, 7) is 3.68. The maximum Gasteiger partial charge on any atom is 0.272 e. The SMILES string of the molecule is Cc1ccc([C@H](NC(=O)c2ccc([N+](=O)[O-])c(C)c2)C2CC2)cc1. The number of aryl methyl sites for hydroxylation is 2. The minimum atomic E-state index is -0.434. The molecule has 124 valence electrons. The minimum Gasteiger partial charge on any atom is -0.345 e. The Hall–Kier alpha value is -2.69. The Balaban J connectivity index is 1.80. The van der Waals surface area contributed by atoms with Crippen molar-refractivity contribution in [3.05, 3.63) is 74.8 Å². The molecule has 0 heterocycles. The van der Waals surface area contributed by atoms with Gasteiger partial charge in [-0.15, -0.1) is 0 Å². The Morgan fingerprint density at radius 2 is 1.83 bits per heavy atom. The first-order valence-corrected chi connectivity index (χ1v) is 8.08. The van der Waals surface area contributed by atoms with E-state index in [1.165, 1.54) is 17.7 Å². The number of carbonyl (C=O) groups excluding carboxylic acids is 1. The summed E-state index contributed by atoms with van der Waals surface area (Å²) in [7, 11) is 0. The van der Waals surface area contributed by atoms with Crippen LogP contribution in [0.15, 0.2) is 42.5 Å². The van der Waals surface area contributed by atoms with E-state index in [1.807, 2.05) is 19.1 Å². The van der Waals surface area contributed by atoms with Gasteiger partial charge >= 0.3 is 0 Å². The van der Waals surface area contributed by atoms with Crippen LogP contribution in [0.25, 0.3) is 0 Å². The van der Waals surface area contributed by atoms with Gasteiger partial charge in [-0.3, -0.25) is 14.9 Å². The first-order chi connectivity index (χ1) is 11.5. The highest BCUT2D eigenvalue weighted by molar-refractivity contribution is 5.95. The Morgan fingerprint density at radius 3 is 2.38 bits per heavy atom. The first kappa shape index (κ1) is 16.2. The Morgan fingerprint density at radius 1 is 1.17 bits per heavy atom. The second-order valence-corrected chi connectivity index (χ2v) is 6.46. The second kappa shape index (κ2) is 6.43. The molecule has 5 nitrogen and oxygen atoms in total. The highest BCUT2D eigenvalue weighted by atomic mass is 16.6. The predicted molar refractivity (Wildman–Crippen MR) is 91.9 cm³/mol. The lowest BCUT2D eigenvalue weighted by atomic mass is 10.00. The van der Waals surface area contributed by atoms with Crippen molar-refractivity contribution < 1.29 is 9.72 Å². The average molecular weight is 324 g/mol. The standard InChI is InChI=1S/C19H20N2O3/c1-12-3-5-14(6-4-12)18(15-7-8-15)20-19(22)16-9-10-17(21(23)24)13(2)11-16/h3-6,9-11,15,18H,7-8H2,1-2H3,(H,20,22)/t18-/m0/s1. The van der Waals surface area contributed by atoms with Crippen molar-refractivity contribution in [3.63, 3.8) is 0 Å². The third kappa shape index (κ3) is 3.45. The van der Waals surface area contributed by atoms with Crippen molar-refractivity contribution in [3.8, 4) is 0 Å². The van der Waals surface area contributed by atoms with Crippen molar-refractivity contribution in [1.82, 2.24) is 5.32 Å². The third-order valence-electron chi connectivity index (χ3n) is 4.47. The number of nitro groups is 1. The molecule has 0 saturated heterocycles. The van der Waals surface area contributed by atoms with Crippen molar-refractivity contribution in [1.29, 1.82) is 0 Å². The topological polar surface area (TPSA) is 72.2 Å². The van der Waals surface area contributed by atoms with Gasteiger partial charge in [0.2, 0.25) is 0 Å². The number of hydrogen-bond acceptors (Lipinski definition) is 3. The van der Waals surface area contributed by atoms with Crippen LogP contribution in [0.5, 0.6) is 0 Å². The number of rotatable bonds is 5. The van der Waals surface area contributed by atoms with Crippen LogP contribution in [0.4, 0.5) is 5.69 Å². The second-order valence-electron chi connectivity index (χ2n) is 6.46. The van der Waals surface area contributed by atoms with Gasteiger partial charge in [-0.05, 0) is 50.3 Å². The van der Waals surface area contributed by atoms with E-state index in [0.717, 1.165) is 18.4 Å². The fraction of sp³-hybridized carbons (Fsp3) is 0.316. The number of benzene rings is 2. The van der Waals surface area contributed by atoms with E-state index in [-0.39, 0.29) is 17.6 Å². The van der Waals surface area contributed by atoms with E-state index in [0.29, 0.717) is 17.0 Å². The highest BCUT2D eigenvalue weighted by Crippen LogP contribution is 2.41. The van der Waals surface area contributed by atoms with Crippen LogP contribution >= 0.6 is 0 Å². The molecule has 1 aliphatic rings. The Kier molecular flexibility index (Phi) is 4.34. The minimum absolute atomic E-state index is 0.00593. The van der Waals surface area contributed by atoms with E-state index in [2.05, 4.69) is 17.4 Å². The highest BCUT2D eigenvalue weighted by Gasteiger charge is 2.33. The molecule has 2 aromatic carbocycles. The van der Waals surface area contributed by atoms with Crippen LogP contribution in [-0.4, -0.2) is 10.8 Å². The van der Waals surface area contributed by atoms with Gasteiger partial charge in [-0.1, -0.05) is 29.8 Å². The molecule has 0 radical (unpaired) electrons. The molecule has 3 rings (SSSR count). The van der Waals surface area contributed by atoms with Gasteiger partial charge in [0, 0.05) is 17.2 Å². The molecule has 0 bridgehead atoms. The van der Waals surface area contributed by atoms with Gasteiger partial charge in [0.25, 0.3) is 11.6 Å². The molecule has 24 heavy (non-hydrogen) atoms. The van der Waals surface area contributed by atoms with Gasteiger partial charge < -0.3 is 5.32 Å². The fourth-order valence-corrected chi connectivity index (χ4v) is 2.90. The van der Waals surface area contributed by atoms with Crippen LogP contribution in [0.2, 0.25) is 0 Å². The summed E-state index contributed by atoms with van der Waals surface area (Å²) in [5, 5.41) is 14.0. The van der Waals surface area contributed by atoms with E-state index in [9.17, 15) is 14.9 Å². The lowest BCUT2D eigenvalue weighted by Gasteiger charge is -2.19. The summed E-state index contributed by atoms with van der Waals surface area (Å²) >= 11 is 0. The number of nitrogens with zero attached hydrogens (tertiary/aromatic N) is 1. The number of hydrogen-bond donors (Lipinski definition) is 1. The molecule has 1 amide bonds. The molecule has 0 unspecified atom stereocenters. The summed E-state index contributed by atoms with van der Waals surface area (Å²) in [5.41, 5.74) is 3.27. The molecule has 1 saturated carbocycles. The third-order valence-corrected chi connectivity index (χ3v) is 4.47. The maximum absolute atomic E-state index is 12.6. The largest absolute Gasteiger partial charge is 0.345 e. The lowest BCUT2D eigenvalue weighted by Crippen LogP contribution is -2.30. The quantitative estimate of drug-likeness (QED) is 0.665. The van der Waals surface area contributed by atoms with Crippen LogP contribution in [0.1, 0.15) is 45.9 Å². The normalized spacial score (nSPS) is 14.9. The smallest absolute Gasteiger partial charge is 0.272 e. The maximum atomic E-state index is 12.6. The molecule has 2 aromatic rings. The summed E-state index contributed by atoms with van der Waals surface area (Å²) in [4.78, 5) is 23.0. The van der Waals surface area contributed by atoms with Crippen molar-refractivity contribution in [2.45, 2.75) is 32.7 Å². The molecule has 1 aliphatic carbocycles. The van der Waals surface area contributed by atoms with Crippen molar-refractivity contribution >= 4 is 11.6 Å². The summed E-state index contributed by atoms with van der Waals surface area (Å²) < 4.78 is 0. The summed E-state index contributed by atoms with van der Waals surface area (Å²) in [6, 6.07) is 12.7. The monoisotopic (exact) mass is 324 g/mol. The van der Waals surface area contributed by atoms with E-state index in [1.54, 1.807) is 13.0 Å². The Labute approximate surface area is 140 Å². The first-order valence-electron chi connectivity index (χ1n) is 8.08. The van der Waals surface area contributed by atoms with E-state index < -0.39 is 4.92 Å². The molecule has 0 spiro atoms. The number of nitrogens with one attached hydrogen (secondary N) is 1. The molecule has 0 aliphatic heterocycles. The number of nitro benzene ring substituents is 1. The van der Waals surface area contributed by atoms with Crippen molar-refractivity contribution in [2.24, 2.45) is 5.92 Å². The molecular formula is C19H20N2O3. The number of amides is 1. The van der Waals surface area contributed by atoms with Gasteiger partial charge in [0.05, 0.1) is 11.0 Å².